The van der Waals surface area contributed by atoms with Gasteiger partial charge in [0.1, 0.15) is 24.6 Å². The Balaban J connectivity index is 1.52. The third kappa shape index (κ3) is 2.82. The Hall–Kier alpha value is -3.74. The number of tetrazole rings is 1. The van der Waals surface area contributed by atoms with Crippen molar-refractivity contribution >= 4 is 27.8 Å². The highest BCUT2D eigenvalue weighted by atomic mass is 16.2. The lowest BCUT2D eigenvalue weighted by Crippen LogP contribution is -2.45. The fraction of sp³-hybridized carbons (Fsp3) is 0.368. The molecule has 10 nitrogen and oxygen atoms in total. The van der Waals surface area contributed by atoms with Gasteiger partial charge < -0.3 is 14.5 Å². The number of hydrogen-bond acceptors (Lipinski definition) is 6. The molecule has 5 heterocycles. The molecule has 1 amide bonds. The number of nitrogens with one attached hydrogen (secondary N) is 1. The maximum atomic E-state index is 12.8. The lowest BCUT2D eigenvalue weighted by atomic mass is 9.93. The van der Waals surface area contributed by atoms with E-state index < -0.39 is 0 Å². The van der Waals surface area contributed by atoms with E-state index in [-0.39, 0.29) is 18.5 Å². The summed E-state index contributed by atoms with van der Waals surface area (Å²) in [6.45, 7) is 3.65. The highest BCUT2D eigenvalue weighted by Crippen LogP contribution is 2.34. The van der Waals surface area contributed by atoms with Crippen molar-refractivity contribution in [2.45, 2.75) is 25.9 Å². The summed E-state index contributed by atoms with van der Waals surface area (Å²) in [7, 11) is 0. The van der Waals surface area contributed by atoms with Gasteiger partial charge in [-0.2, -0.15) is 5.26 Å². The van der Waals surface area contributed by atoms with Crippen molar-refractivity contribution in [2.75, 3.05) is 13.1 Å². The van der Waals surface area contributed by atoms with Gasteiger partial charge in [-0.1, -0.05) is 6.92 Å². The molecule has 146 valence electrons. The number of piperidine rings is 1. The zero-order valence-corrected chi connectivity index (χ0v) is 15.9. The normalized spacial score (nSPS) is 19.7. The smallest absolute Gasteiger partial charge is 0.244 e. The fourth-order valence-corrected chi connectivity index (χ4v) is 4.22. The number of nitriles is 1. The van der Waals surface area contributed by atoms with Crippen LogP contribution in [-0.4, -0.2) is 58.6 Å². The van der Waals surface area contributed by atoms with Gasteiger partial charge in [0.05, 0.1) is 22.5 Å². The number of rotatable bonds is 3. The van der Waals surface area contributed by atoms with Crippen molar-refractivity contribution in [3.8, 4) is 6.07 Å². The molecule has 4 aromatic heterocycles. The number of likely N-dealkylation sites (tertiary alicyclic amines) is 1. The second kappa shape index (κ2) is 6.70. The minimum Gasteiger partial charge on any atom is -0.345 e. The summed E-state index contributed by atoms with van der Waals surface area (Å²) in [6, 6.07) is 4.38. The number of hydrogen-bond donors (Lipinski definition) is 1. The van der Waals surface area contributed by atoms with Crippen LogP contribution in [0, 0.1) is 17.2 Å². The molecule has 1 aliphatic rings. The van der Waals surface area contributed by atoms with Gasteiger partial charge in [0.2, 0.25) is 5.91 Å². The Labute approximate surface area is 165 Å². The lowest BCUT2D eigenvalue weighted by Gasteiger charge is -2.38. The van der Waals surface area contributed by atoms with Crippen LogP contribution in [0.15, 0.2) is 31.0 Å². The van der Waals surface area contributed by atoms with Crippen LogP contribution < -0.4 is 0 Å². The highest BCUT2D eigenvalue weighted by molar-refractivity contribution is 6.05. The highest BCUT2D eigenvalue weighted by Gasteiger charge is 2.31. The van der Waals surface area contributed by atoms with Crippen molar-refractivity contribution in [1.29, 1.82) is 5.26 Å². The van der Waals surface area contributed by atoms with Crippen LogP contribution in [0.2, 0.25) is 0 Å². The van der Waals surface area contributed by atoms with E-state index in [2.05, 4.69) is 43.1 Å². The number of H-pyrrole nitrogens is 1. The average Bonchev–Trinajstić information content (AvgIpc) is 3.46. The fourth-order valence-electron chi connectivity index (χ4n) is 4.22. The molecule has 29 heavy (non-hydrogen) atoms. The third-order valence-electron chi connectivity index (χ3n) is 5.81. The maximum Gasteiger partial charge on any atom is 0.244 e. The topological polar surface area (TPSA) is 121 Å². The van der Waals surface area contributed by atoms with Gasteiger partial charge in [0, 0.05) is 37.1 Å². The monoisotopic (exact) mass is 389 g/mol. The van der Waals surface area contributed by atoms with Gasteiger partial charge in [-0.25, -0.2) is 9.67 Å². The van der Waals surface area contributed by atoms with Crippen molar-refractivity contribution in [3.63, 3.8) is 0 Å². The first-order chi connectivity index (χ1) is 14.2. The van der Waals surface area contributed by atoms with Crippen molar-refractivity contribution < 1.29 is 4.79 Å². The van der Waals surface area contributed by atoms with Gasteiger partial charge in [-0.3, -0.25) is 4.79 Å². The molecular formula is C19H19N9O. The molecule has 10 heteroatoms. The first-order valence-corrected chi connectivity index (χ1v) is 9.51. The molecule has 0 radical (unpaired) electrons. The maximum absolute atomic E-state index is 12.8. The molecule has 0 bridgehead atoms. The van der Waals surface area contributed by atoms with E-state index in [0.717, 1.165) is 22.7 Å². The summed E-state index contributed by atoms with van der Waals surface area (Å²) in [4.78, 5) is 22.2. The zero-order valence-electron chi connectivity index (χ0n) is 15.9. The quantitative estimate of drug-likeness (QED) is 0.566. The van der Waals surface area contributed by atoms with E-state index in [9.17, 15) is 10.1 Å². The largest absolute Gasteiger partial charge is 0.345 e. The van der Waals surface area contributed by atoms with Gasteiger partial charge in [0.15, 0.2) is 0 Å². The Morgan fingerprint density at radius 3 is 3.14 bits per heavy atom. The lowest BCUT2D eigenvalue weighted by molar-refractivity contribution is -0.134. The molecule has 0 spiro atoms. The summed E-state index contributed by atoms with van der Waals surface area (Å²) < 4.78 is 3.64. The van der Waals surface area contributed by atoms with E-state index in [1.165, 1.54) is 11.0 Å². The van der Waals surface area contributed by atoms with Crippen LogP contribution in [0.5, 0.6) is 0 Å². The molecule has 4 aromatic rings. The predicted molar refractivity (Wildman–Crippen MR) is 104 cm³/mol. The Morgan fingerprint density at radius 1 is 1.45 bits per heavy atom. The third-order valence-corrected chi connectivity index (χ3v) is 5.81. The van der Waals surface area contributed by atoms with Gasteiger partial charge in [-0.05, 0) is 28.8 Å². The molecule has 0 aliphatic carbocycles. The van der Waals surface area contributed by atoms with E-state index in [0.29, 0.717) is 30.2 Å². The van der Waals surface area contributed by atoms with Crippen LogP contribution in [0.3, 0.4) is 0 Å². The van der Waals surface area contributed by atoms with E-state index in [1.54, 1.807) is 6.20 Å². The Morgan fingerprint density at radius 2 is 2.34 bits per heavy atom. The van der Waals surface area contributed by atoms with E-state index in [4.69, 9.17) is 0 Å². The number of carbonyl (C=O) groups excluding carboxylic acids is 1. The molecule has 1 fully saturated rings. The summed E-state index contributed by atoms with van der Waals surface area (Å²) in [6.07, 6.45) is 7.90. The molecule has 0 aromatic carbocycles. The molecule has 1 aliphatic heterocycles. The van der Waals surface area contributed by atoms with Gasteiger partial charge in [-0.15, -0.1) is 5.10 Å². The van der Waals surface area contributed by atoms with Crippen LogP contribution in [0.1, 0.15) is 24.9 Å². The summed E-state index contributed by atoms with van der Waals surface area (Å²) in [5.41, 5.74) is 2.26. The Kier molecular flexibility index (Phi) is 4.01. The molecule has 2 atom stereocenters. The van der Waals surface area contributed by atoms with Crippen molar-refractivity contribution in [2.24, 2.45) is 5.92 Å². The number of aromatic amines is 1. The average molecular weight is 389 g/mol. The number of pyridine rings is 1. The van der Waals surface area contributed by atoms with Crippen molar-refractivity contribution in [3.05, 3.63) is 36.5 Å². The van der Waals surface area contributed by atoms with Gasteiger partial charge in [0.25, 0.3) is 0 Å². The number of aromatic nitrogens is 7. The van der Waals surface area contributed by atoms with E-state index in [1.807, 2.05) is 23.4 Å². The standard InChI is InChI=1S/C19H19N9O/c1-12-2-4-26(16(29)10-27-11-23-24-25-27)9-15(12)28-5-3-13-7-21-19-17(18(13)28)14(6-20)8-22-19/h3,5,7-8,11-12,15H,2,4,9-10H2,1H3,(H,21,22)/t12-,15+/m1/s1. The van der Waals surface area contributed by atoms with E-state index >= 15 is 0 Å². The first kappa shape index (κ1) is 17.4. The summed E-state index contributed by atoms with van der Waals surface area (Å²) >= 11 is 0. The van der Waals surface area contributed by atoms with Gasteiger partial charge >= 0.3 is 0 Å². The summed E-state index contributed by atoms with van der Waals surface area (Å²) in [5, 5.41) is 22.3. The zero-order chi connectivity index (χ0) is 20.0. The number of carbonyl (C=O) groups is 1. The molecule has 0 saturated carbocycles. The second-order valence-electron chi connectivity index (χ2n) is 7.50. The van der Waals surface area contributed by atoms with Crippen LogP contribution >= 0.6 is 0 Å². The molecular weight excluding hydrogens is 370 g/mol. The number of nitrogens with zero attached hydrogens (tertiary/aromatic N) is 8. The van der Waals surface area contributed by atoms with Crippen LogP contribution in [0.25, 0.3) is 21.9 Å². The van der Waals surface area contributed by atoms with Crippen molar-refractivity contribution in [1.82, 2.24) is 39.6 Å². The number of fused-ring (bicyclic) bond motifs is 3. The number of amides is 1. The minimum absolute atomic E-state index is 0.00293. The predicted octanol–water partition coefficient (Wildman–Crippen LogP) is 1.49. The molecule has 1 saturated heterocycles. The Bertz CT molecular complexity index is 1230. The first-order valence-electron chi connectivity index (χ1n) is 9.51. The molecule has 5 rings (SSSR count). The second-order valence-corrected chi connectivity index (χ2v) is 7.50. The minimum atomic E-state index is -0.00293. The summed E-state index contributed by atoms with van der Waals surface area (Å²) in [5.74, 6) is 0.382. The molecule has 1 N–H and O–H groups in total. The molecule has 0 unspecified atom stereocenters. The SMILES string of the molecule is C[C@@H]1CCN(C(=O)Cn2cnnn2)C[C@@H]1n1ccc2cnc3[nH]cc(C#N)c3c21. The van der Waals surface area contributed by atoms with Crippen LogP contribution in [-0.2, 0) is 11.3 Å². The van der Waals surface area contributed by atoms with Crippen LogP contribution in [0.4, 0.5) is 0 Å².